The maximum absolute atomic E-state index is 12.3. The van der Waals surface area contributed by atoms with Crippen LogP contribution in [0.3, 0.4) is 0 Å². The molecule has 0 bridgehead atoms. The number of hydrogen-bond acceptors (Lipinski definition) is 3. The number of hydrogen-bond donors (Lipinski definition) is 0. The molecule has 1 amide bonds. The summed E-state index contributed by atoms with van der Waals surface area (Å²) < 4.78 is 7.97. The SMILES string of the molecule is CC1CN(C(=O)c2nn(C)cc2Br)CC(C)O1. The Balaban J connectivity index is 2.17. The van der Waals surface area contributed by atoms with E-state index in [1.54, 1.807) is 22.8 Å². The highest BCUT2D eigenvalue weighted by Gasteiger charge is 2.28. The van der Waals surface area contributed by atoms with Crippen molar-refractivity contribution in [3.8, 4) is 0 Å². The molecular formula is C11H16BrN3O2. The lowest BCUT2D eigenvalue weighted by Crippen LogP contribution is -2.48. The molecule has 0 aliphatic carbocycles. The number of aryl methyl sites for hydroxylation is 1. The number of ether oxygens (including phenoxy) is 1. The van der Waals surface area contributed by atoms with Crippen LogP contribution < -0.4 is 0 Å². The fourth-order valence-electron chi connectivity index (χ4n) is 2.10. The molecule has 1 saturated heterocycles. The largest absolute Gasteiger partial charge is 0.372 e. The quantitative estimate of drug-likeness (QED) is 0.788. The number of carbonyl (C=O) groups excluding carboxylic acids is 1. The van der Waals surface area contributed by atoms with Gasteiger partial charge >= 0.3 is 0 Å². The van der Waals surface area contributed by atoms with Crippen molar-refractivity contribution in [2.45, 2.75) is 26.1 Å². The number of morpholine rings is 1. The van der Waals surface area contributed by atoms with Crippen LogP contribution in [0, 0.1) is 0 Å². The van der Waals surface area contributed by atoms with Crippen LogP contribution in [0.1, 0.15) is 24.3 Å². The summed E-state index contributed by atoms with van der Waals surface area (Å²) in [5.74, 6) is -0.0422. The van der Waals surface area contributed by atoms with Gasteiger partial charge in [0.2, 0.25) is 0 Å². The number of amides is 1. The van der Waals surface area contributed by atoms with E-state index in [1.165, 1.54) is 0 Å². The maximum Gasteiger partial charge on any atom is 0.275 e. The molecule has 2 unspecified atom stereocenters. The summed E-state index contributed by atoms with van der Waals surface area (Å²) in [5.41, 5.74) is 0.466. The molecule has 1 aromatic heterocycles. The summed E-state index contributed by atoms with van der Waals surface area (Å²) >= 11 is 3.35. The topological polar surface area (TPSA) is 47.4 Å². The summed E-state index contributed by atoms with van der Waals surface area (Å²) in [4.78, 5) is 14.1. The van der Waals surface area contributed by atoms with Gasteiger partial charge in [0.25, 0.3) is 5.91 Å². The van der Waals surface area contributed by atoms with Crippen LogP contribution >= 0.6 is 15.9 Å². The minimum absolute atomic E-state index is 0.0422. The second-order valence-electron chi connectivity index (χ2n) is 4.47. The first kappa shape index (κ1) is 12.6. The van der Waals surface area contributed by atoms with Crippen molar-refractivity contribution < 1.29 is 9.53 Å². The standard InChI is InChI=1S/C11H16BrN3O2/c1-7-4-15(5-8(2)17-7)11(16)10-9(12)6-14(3)13-10/h6-8H,4-5H2,1-3H3. The maximum atomic E-state index is 12.3. The van der Waals surface area contributed by atoms with Gasteiger partial charge in [0, 0.05) is 26.3 Å². The minimum atomic E-state index is -0.0422. The van der Waals surface area contributed by atoms with Crippen LogP contribution in [0.2, 0.25) is 0 Å². The normalized spacial score (nSPS) is 25.1. The Kier molecular flexibility index (Phi) is 3.53. The summed E-state index contributed by atoms with van der Waals surface area (Å²) in [6.45, 7) is 5.19. The molecule has 2 heterocycles. The predicted molar refractivity (Wildman–Crippen MR) is 66.8 cm³/mol. The smallest absolute Gasteiger partial charge is 0.275 e. The van der Waals surface area contributed by atoms with E-state index in [4.69, 9.17) is 4.74 Å². The van der Waals surface area contributed by atoms with Gasteiger partial charge in [-0.05, 0) is 29.8 Å². The molecule has 0 radical (unpaired) electrons. The predicted octanol–water partition coefficient (Wildman–Crippen LogP) is 1.43. The molecular weight excluding hydrogens is 286 g/mol. The van der Waals surface area contributed by atoms with Crippen molar-refractivity contribution >= 4 is 21.8 Å². The fraction of sp³-hybridized carbons (Fsp3) is 0.636. The van der Waals surface area contributed by atoms with Gasteiger partial charge in [-0.3, -0.25) is 9.48 Å². The third-order valence-electron chi connectivity index (χ3n) is 2.69. The molecule has 0 N–H and O–H groups in total. The second-order valence-corrected chi connectivity index (χ2v) is 5.32. The van der Waals surface area contributed by atoms with E-state index in [0.717, 1.165) is 4.47 Å². The summed E-state index contributed by atoms with van der Waals surface area (Å²) in [7, 11) is 1.80. The van der Waals surface area contributed by atoms with Gasteiger partial charge in [-0.1, -0.05) is 0 Å². The van der Waals surface area contributed by atoms with Gasteiger partial charge < -0.3 is 9.64 Å². The summed E-state index contributed by atoms with van der Waals surface area (Å²) in [5, 5.41) is 4.17. The Morgan fingerprint density at radius 1 is 1.47 bits per heavy atom. The zero-order valence-corrected chi connectivity index (χ0v) is 11.8. The van der Waals surface area contributed by atoms with Crippen molar-refractivity contribution in [2.24, 2.45) is 7.05 Å². The average Bonchev–Trinajstić information content (AvgIpc) is 2.55. The molecule has 1 aromatic rings. The molecule has 94 valence electrons. The van der Waals surface area contributed by atoms with E-state index < -0.39 is 0 Å². The van der Waals surface area contributed by atoms with E-state index in [1.807, 2.05) is 13.8 Å². The van der Waals surface area contributed by atoms with E-state index in [9.17, 15) is 4.79 Å². The number of aromatic nitrogens is 2. The van der Waals surface area contributed by atoms with E-state index >= 15 is 0 Å². The summed E-state index contributed by atoms with van der Waals surface area (Å²) in [6.07, 6.45) is 1.93. The van der Waals surface area contributed by atoms with Gasteiger partial charge in [0.15, 0.2) is 5.69 Å². The fourth-order valence-corrected chi connectivity index (χ4v) is 2.64. The van der Waals surface area contributed by atoms with Crippen LogP contribution in [-0.2, 0) is 11.8 Å². The molecule has 2 rings (SSSR count). The van der Waals surface area contributed by atoms with Crippen molar-refractivity contribution in [2.75, 3.05) is 13.1 Å². The second kappa shape index (κ2) is 4.78. The van der Waals surface area contributed by atoms with Crippen molar-refractivity contribution in [1.82, 2.24) is 14.7 Å². The third kappa shape index (κ3) is 2.69. The Hall–Kier alpha value is -0.880. The third-order valence-corrected chi connectivity index (χ3v) is 3.27. The lowest BCUT2D eigenvalue weighted by atomic mass is 10.2. The average molecular weight is 302 g/mol. The van der Waals surface area contributed by atoms with E-state index in [0.29, 0.717) is 18.8 Å². The minimum Gasteiger partial charge on any atom is -0.372 e. The van der Waals surface area contributed by atoms with Crippen molar-refractivity contribution in [3.63, 3.8) is 0 Å². The first-order valence-electron chi connectivity index (χ1n) is 5.61. The molecule has 0 saturated carbocycles. The first-order valence-corrected chi connectivity index (χ1v) is 6.40. The zero-order chi connectivity index (χ0) is 12.6. The number of nitrogens with zero attached hydrogens (tertiary/aromatic N) is 3. The number of halogens is 1. The molecule has 1 fully saturated rings. The van der Waals surface area contributed by atoms with Crippen LogP contribution in [0.15, 0.2) is 10.7 Å². The van der Waals surface area contributed by atoms with Gasteiger partial charge in [0.1, 0.15) is 0 Å². The molecule has 0 aromatic carbocycles. The Morgan fingerprint density at radius 3 is 2.53 bits per heavy atom. The van der Waals surface area contributed by atoms with Gasteiger partial charge in [-0.15, -0.1) is 0 Å². The molecule has 0 spiro atoms. The molecule has 17 heavy (non-hydrogen) atoms. The van der Waals surface area contributed by atoms with E-state index in [-0.39, 0.29) is 18.1 Å². The van der Waals surface area contributed by atoms with E-state index in [2.05, 4.69) is 21.0 Å². The molecule has 6 heteroatoms. The van der Waals surface area contributed by atoms with Gasteiger partial charge in [0.05, 0.1) is 16.7 Å². The Labute approximate surface area is 109 Å². The van der Waals surface area contributed by atoms with Crippen LogP contribution in [-0.4, -0.2) is 45.9 Å². The molecule has 1 aliphatic heterocycles. The van der Waals surface area contributed by atoms with Crippen molar-refractivity contribution in [1.29, 1.82) is 0 Å². The lowest BCUT2D eigenvalue weighted by Gasteiger charge is -2.34. The first-order chi connectivity index (χ1) is 7.97. The molecule has 2 atom stereocenters. The summed E-state index contributed by atoms with van der Waals surface area (Å²) in [6, 6.07) is 0. The highest BCUT2D eigenvalue weighted by atomic mass is 79.9. The van der Waals surface area contributed by atoms with Gasteiger partial charge in [-0.25, -0.2) is 0 Å². The zero-order valence-electron chi connectivity index (χ0n) is 10.2. The Bertz CT molecular complexity index is 422. The van der Waals surface area contributed by atoms with Crippen molar-refractivity contribution in [3.05, 3.63) is 16.4 Å². The highest BCUT2D eigenvalue weighted by Crippen LogP contribution is 2.19. The number of rotatable bonds is 1. The molecule has 5 nitrogen and oxygen atoms in total. The monoisotopic (exact) mass is 301 g/mol. The highest BCUT2D eigenvalue weighted by molar-refractivity contribution is 9.10. The lowest BCUT2D eigenvalue weighted by molar-refractivity contribution is -0.0587. The van der Waals surface area contributed by atoms with Crippen LogP contribution in [0.25, 0.3) is 0 Å². The van der Waals surface area contributed by atoms with Crippen LogP contribution in [0.5, 0.6) is 0 Å². The van der Waals surface area contributed by atoms with Gasteiger partial charge in [-0.2, -0.15) is 5.10 Å². The Morgan fingerprint density at radius 2 is 2.06 bits per heavy atom. The number of carbonyl (C=O) groups is 1. The molecule has 1 aliphatic rings. The van der Waals surface area contributed by atoms with Crippen LogP contribution in [0.4, 0.5) is 0 Å².